The second kappa shape index (κ2) is 17.1. The molecule has 0 amide bonds. The molecule has 5 atom stereocenters. The van der Waals surface area contributed by atoms with E-state index < -0.39 is 6.10 Å². The van der Waals surface area contributed by atoms with Crippen molar-refractivity contribution >= 4 is 23.9 Å². The van der Waals surface area contributed by atoms with E-state index in [4.69, 9.17) is 14.2 Å². The number of esters is 4. The Bertz CT molecular complexity index is 701. The average Bonchev–Trinajstić information content (AvgIpc) is 3.08. The fraction of sp³-hybridized carbons (Fsp3) is 0.778. The highest BCUT2D eigenvalue weighted by atomic mass is 16.6. The van der Waals surface area contributed by atoms with Crippen LogP contribution in [0.4, 0.5) is 0 Å². The van der Waals surface area contributed by atoms with E-state index in [0.29, 0.717) is 12.8 Å². The van der Waals surface area contributed by atoms with Crippen LogP contribution in [0, 0.1) is 11.8 Å². The summed E-state index contributed by atoms with van der Waals surface area (Å²) in [7, 11) is 1.39. The molecule has 8 heteroatoms. The van der Waals surface area contributed by atoms with E-state index in [1.807, 2.05) is 12.2 Å². The zero-order valence-corrected chi connectivity index (χ0v) is 22.1. The normalized spacial score (nSPS) is 22.5. The number of unbranched alkanes of at least 4 members (excludes halogenated alkanes) is 5. The molecule has 0 spiro atoms. The van der Waals surface area contributed by atoms with Crippen LogP contribution in [-0.4, -0.2) is 49.3 Å². The highest BCUT2D eigenvalue weighted by Gasteiger charge is 2.45. The predicted molar refractivity (Wildman–Crippen MR) is 131 cm³/mol. The second-order valence-electron chi connectivity index (χ2n) is 9.33. The number of hydrogen-bond donors (Lipinski definition) is 0. The molecule has 1 aliphatic carbocycles. The fourth-order valence-corrected chi connectivity index (χ4v) is 4.78. The van der Waals surface area contributed by atoms with Gasteiger partial charge in [0.1, 0.15) is 18.3 Å². The first-order valence-electron chi connectivity index (χ1n) is 12.9. The number of methoxy groups -OCH3 is 1. The highest BCUT2D eigenvalue weighted by molar-refractivity contribution is 5.69. The van der Waals surface area contributed by atoms with Crippen LogP contribution in [0.25, 0.3) is 0 Å². The molecule has 8 nitrogen and oxygen atoms in total. The first-order valence-corrected chi connectivity index (χ1v) is 12.9. The second-order valence-corrected chi connectivity index (χ2v) is 9.33. The predicted octanol–water partition coefficient (Wildman–Crippen LogP) is 5.07. The third-order valence-electron chi connectivity index (χ3n) is 6.35. The molecule has 5 unspecified atom stereocenters. The Hall–Kier alpha value is -2.38. The monoisotopic (exact) mass is 496 g/mol. The summed E-state index contributed by atoms with van der Waals surface area (Å²) in [6.45, 7) is 6.28. The molecule has 35 heavy (non-hydrogen) atoms. The van der Waals surface area contributed by atoms with Crippen molar-refractivity contribution in [1.29, 1.82) is 0 Å². The standard InChI is InChI=1S/C27H44O8/c1-6-7-10-13-22(33-19(2)28)16-17-24-23(14-11-8-9-12-15-27(31)32-5)25(34-20(3)29)18-26(24)35-21(4)30/h16-17,22-26H,6-15,18H2,1-5H3/b17-16+. The van der Waals surface area contributed by atoms with Crippen LogP contribution >= 0.6 is 0 Å². The highest BCUT2D eigenvalue weighted by Crippen LogP contribution is 2.41. The first kappa shape index (κ1) is 30.7. The summed E-state index contributed by atoms with van der Waals surface area (Å²) >= 11 is 0. The van der Waals surface area contributed by atoms with Gasteiger partial charge in [0.15, 0.2) is 0 Å². The number of rotatable bonds is 16. The van der Waals surface area contributed by atoms with Crippen molar-refractivity contribution < 1.29 is 38.1 Å². The Kier molecular flexibility index (Phi) is 15.0. The van der Waals surface area contributed by atoms with Gasteiger partial charge in [0.25, 0.3) is 0 Å². The van der Waals surface area contributed by atoms with Crippen LogP contribution in [-0.2, 0) is 38.1 Å². The topological polar surface area (TPSA) is 105 Å². The van der Waals surface area contributed by atoms with Crippen LogP contribution in [0.5, 0.6) is 0 Å². The van der Waals surface area contributed by atoms with Crippen LogP contribution < -0.4 is 0 Å². The largest absolute Gasteiger partial charge is 0.469 e. The first-order chi connectivity index (χ1) is 16.7. The molecule has 0 aromatic rings. The Labute approximate surface area is 210 Å². The van der Waals surface area contributed by atoms with E-state index in [2.05, 4.69) is 11.7 Å². The minimum Gasteiger partial charge on any atom is -0.469 e. The maximum Gasteiger partial charge on any atom is 0.305 e. The van der Waals surface area contributed by atoms with E-state index in [-0.39, 0.29) is 47.9 Å². The number of hydrogen-bond acceptors (Lipinski definition) is 8. The summed E-state index contributed by atoms with van der Waals surface area (Å²) in [5.41, 5.74) is 0. The molecule has 0 aromatic carbocycles. The number of carbonyl (C=O) groups excluding carboxylic acids is 4. The molecule has 1 saturated carbocycles. The minimum atomic E-state index is -0.411. The van der Waals surface area contributed by atoms with Crippen molar-refractivity contribution in [2.45, 2.75) is 117 Å². The van der Waals surface area contributed by atoms with Crippen LogP contribution in [0.2, 0.25) is 0 Å². The summed E-state index contributed by atoms with van der Waals surface area (Å²) in [5, 5.41) is 0. The molecule has 1 rings (SSSR count). The summed E-state index contributed by atoms with van der Waals surface area (Å²) in [6, 6.07) is 0. The summed E-state index contributed by atoms with van der Waals surface area (Å²) in [6.07, 6.45) is 11.7. The van der Waals surface area contributed by atoms with Crippen LogP contribution in [0.15, 0.2) is 12.2 Å². The van der Waals surface area contributed by atoms with E-state index in [9.17, 15) is 19.2 Å². The van der Waals surface area contributed by atoms with Crippen LogP contribution in [0.1, 0.15) is 98.3 Å². The summed E-state index contributed by atoms with van der Waals surface area (Å²) < 4.78 is 21.4. The van der Waals surface area contributed by atoms with Crippen molar-refractivity contribution in [2.75, 3.05) is 7.11 Å². The molecule has 0 N–H and O–H groups in total. The molecule has 0 aromatic heterocycles. The zero-order chi connectivity index (χ0) is 26.2. The Morgan fingerprint density at radius 2 is 1.51 bits per heavy atom. The Balaban J connectivity index is 2.95. The lowest BCUT2D eigenvalue weighted by atomic mass is 9.87. The summed E-state index contributed by atoms with van der Waals surface area (Å²) in [4.78, 5) is 46.5. The van der Waals surface area contributed by atoms with Gasteiger partial charge in [0.05, 0.1) is 7.11 Å². The molecule has 0 heterocycles. The third-order valence-corrected chi connectivity index (χ3v) is 6.35. The van der Waals surface area contributed by atoms with Crippen molar-refractivity contribution in [1.82, 2.24) is 0 Å². The molecule has 0 aliphatic heterocycles. The molecule has 1 aliphatic rings. The van der Waals surface area contributed by atoms with Gasteiger partial charge >= 0.3 is 23.9 Å². The van der Waals surface area contributed by atoms with E-state index in [0.717, 1.165) is 57.8 Å². The van der Waals surface area contributed by atoms with Gasteiger partial charge < -0.3 is 18.9 Å². The lowest BCUT2D eigenvalue weighted by Gasteiger charge is -2.24. The smallest absolute Gasteiger partial charge is 0.305 e. The third kappa shape index (κ3) is 12.8. The Morgan fingerprint density at radius 3 is 2.11 bits per heavy atom. The van der Waals surface area contributed by atoms with Crippen molar-refractivity contribution in [3.63, 3.8) is 0 Å². The molecular formula is C27H44O8. The van der Waals surface area contributed by atoms with Crippen molar-refractivity contribution in [3.05, 3.63) is 12.2 Å². The molecule has 1 fully saturated rings. The van der Waals surface area contributed by atoms with Gasteiger partial charge in [-0.25, -0.2) is 0 Å². The van der Waals surface area contributed by atoms with Gasteiger partial charge in [-0.3, -0.25) is 19.2 Å². The zero-order valence-electron chi connectivity index (χ0n) is 22.1. The maximum absolute atomic E-state index is 11.8. The van der Waals surface area contributed by atoms with E-state index in [1.54, 1.807) is 0 Å². The lowest BCUT2D eigenvalue weighted by Crippen LogP contribution is -2.26. The molecular weight excluding hydrogens is 452 g/mol. The molecule has 0 bridgehead atoms. The fourth-order valence-electron chi connectivity index (χ4n) is 4.78. The number of ether oxygens (including phenoxy) is 4. The van der Waals surface area contributed by atoms with Gasteiger partial charge in [0, 0.05) is 45.4 Å². The van der Waals surface area contributed by atoms with Crippen molar-refractivity contribution in [3.8, 4) is 0 Å². The van der Waals surface area contributed by atoms with Gasteiger partial charge in [-0.05, 0) is 31.8 Å². The summed E-state index contributed by atoms with van der Waals surface area (Å²) in [5.74, 6) is -1.44. The molecule has 0 radical (unpaired) electrons. The molecule has 0 saturated heterocycles. The van der Waals surface area contributed by atoms with E-state index >= 15 is 0 Å². The van der Waals surface area contributed by atoms with Gasteiger partial charge in [0.2, 0.25) is 0 Å². The number of carbonyl (C=O) groups is 4. The SMILES string of the molecule is CCCCCC(/C=C/C1C(OC(C)=O)CC(OC(C)=O)C1CCCCCCC(=O)OC)OC(C)=O. The Morgan fingerprint density at radius 1 is 0.857 bits per heavy atom. The minimum absolute atomic E-state index is 0.0197. The quantitative estimate of drug-likeness (QED) is 0.126. The van der Waals surface area contributed by atoms with Gasteiger partial charge in [-0.1, -0.05) is 45.1 Å². The van der Waals surface area contributed by atoms with Crippen LogP contribution in [0.3, 0.4) is 0 Å². The lowest BCUT2D eigenvalue weighted by molar-refractivity contribution is -0.149. The van der Waals surface area contributed by atoms with Gasteiger partial charge in [-0.2, -0.15) is 0 Å². The molecule has 200 valence electrons. The average molecular weight is 497 g/mol. The maximum atomic E-state index is 11.8. The van der Waals surface area contributed by atoms with E-state index in [1.165, 1.54) is 27.9 Å². The van der Waals surface area contributed by atoms with Crippen molar-refractivity contribution in [2.24, 2.45) is 11.8 Å². The van der Waals surface area contributed by atoms with Gasteiger partial charge in [-0.15, -0.1) is 0 Å².